The summed E-state index contributed by atoms with van der Waals surface area (Å²) in [6.45, 7) is 6.83. The van der Waals surface area contributed by atoms with Gasteiger partial charge in [-0.2, -0.15) is 0 Å². The van der Waals surface area contributed by atoms with Gasteiger partial charge in [-0.1, -0.05) is 0 Å². The van der Waals surface area contributed by atoms with Gasteiger partial charge >= 0.3 is 0 Å². The van der Waals surface area contributed by atoms with Crippen molar-refractivity contribution in [1.29, 1.82) is 0 Å². The van der Waals surface area contributed by atoms with Gasteiger partial charge in [0.25, 0.3) is 0 Å². The van der Waals surface area contributed by atoms with E-state index in [2.05, 4.69) is 4.72 Å². The van der Waals surface area contributed by atoms with Gasteiger partial charge in [0.2, 0.25) is 10.0 Å². The zero-order chi connectivity index (χ0) is 16.3. The van der Waals surface area contributed by atoms with E-state index in [4.69, 9.17) is 9.84 Å². The monoisotopic (exact) mass is 319 g/mol. The minimum atomic E-state index is -3.88. The highest BCUT2D eigenvalue weighted by atomic mass is 32.2. The molecular weight excluding hydrogens is 297 g/mol. The van der Waals surface area contributed by atoms with Crippen LogP contribution < -0.4 is 4.72 Å². The first-order valence-electron chi connectivity index (χ1n) is 6.66. The lowest BCUT2D eigenvalue weighted by Gasteiger charge is -2.25. The van der Waals surface area contributed by atoms with Crippen LogP contribution in [-0.2, 0) is 21.4 Å². The Balaban J connectivity index is 3.06. The van der Waals surface area contributed by atoms with Crippen LogP contribution in [0.1, 0.15) is 31.9 Å². The Kier molecular flexibility index (Phi) is 5.86. The first kappa shape index (κ1) is 18.0. The number of benzene rings is 1. The number of hydrogen-bond donors (Lipinski definition) is 2. The number of ether oxygens (including phenoxy) is 1. The molecule has 0 aliphatic rings. The van der Waals surface area contributed by atoms with Gasteiger partial charge in [-0.3, -0.25) is 0 Å². The largest absolute Gasteiger partial charge is 0.392 e. The molecule has 21 heavy (non-hydrogen) atoms. The minimum absolute atomic E-state index is 0.0221. The summed E-state index contributed by atoms with van der Waals surface area (Å²) in [4.78, 5) is -0.168. The van der Waals surface area contributed by atoms with Crippen molar-refractivity contribution in [3.05, 3.63) is 29.1 Å². The van der Waals surface area contributed by atoms with E-state index in [0.717, 1.165) is 6.07 Å². The zero-order valence-corrected chi connectivity index (χ0v) is 13.6. The Morgan fingerprint density at radius 2 is 2.00 bits per heavy atom. The van der Waals surface area contributed by atoms with E-state index in [9.17, 15) is 12.8 Å². The summed E-state index contributed by atoms with van der Waals surface area (Å²) in [6, 6.07) is 2.40. The lowest BCUT2D eigenvalue weighted by Crippen LogP contribution is -2.40. The predicted molar refractivity (Wildman–Crippen MR) is 78.0 cm³/mol. The van der Waals surface area contributed by atoms with Crippen LogP contribution in [0.5, 0.6) is 0 Å². The van der Waals surface area contributed by atoms with E-state index in [1.54, 1.807) is 13.8 Å². The van der Waals surface area contributed by atoms with E-state index in [1.807, 2.05) is 6.92 Å². The van der Waals surface area contributed by atoms with Crippen molar-refractivity contribution in [3.8, 4) is 0 Å². The summed E-state index contributed by atoms with van der Waals surface area (Å²) in [7, 11) is -3.88. The Morgan fingerprint density at radius 3 is 2.52 bits per heavy atom. The summed E-state index contributed by atoms with van der Waals surface area (Å²) < 4.78 is 46.2. The van der Waals surface area contributed by atoms with Crippen LogP contribution in [0.15, 0.2) is 17.0 Å². The van der Waals surface area contributed by atoms with Crippen LogP contribution in [0.25, 0.3) is 0 Å². The van der Waals surface area contributed by atoms with Crippen LogP contribution in [-0.4, -0.2) is 32.3 Å². The Bertz CT molecular complexity index is 599. The molecule has 0 spiro atoms. The maximum Gasteiger partial charge on any atom is 0.241 e. The van der Waals surface area contributed by atoms with Crippen LogP contribution in [0.3, 0.4) is 0 Å². The molecule has 0 atom stereocenters. The standard InChI is InChI=1S/C14H22FNO4S/c1-5-20-14(3,4)9-16-21(18,19)13-7-11(8-17)6-12(15)10(13)2/h6-7,16-17H,5,8-9H2,1-4H3. The van der Waals surface area contributed by atoms with Gasteiger partial charge in [0, 0.05) is 18.7 Å². The fourth-order valence-corrected chi connectivity index (χ4v) is 3.37. The normalized spacial score (nSPS) is 12.7. The van der Waals surface area contributed by atoms with Crippen LogP contribution in [0, 0.1) is 12.7 Å². The van der Waals surface area contributed by atoms with Crippen molar-refractivity contribution in [3.63, 3.8) is 0 Å². The van der Waals surface area contributed by atoms with Crippen LogP contribution >= 0.6 is 0 Å². The van der Waals surface area contributed by atoms with Gasteiger partial charge in [0.1, 0.15) is 5.82 Å². The van der Waals surface area contributed by atoms with Crippen molar-refractivity contribution in [2.75, 3.05) is 13.2 Å². The minimum Gasteiger partial charge on any atom is -0.392 e. The van der Waals surface area contributed by atoms with Crippen molar-refractivity contribution in [2.45, 2.75) is 44.8 Å². The molecule has 5 nitrogen and oxygen atoms in total. The van der Waals surface area contributed by atoms with E-state index in [1.165, 1.54) is 13.0 Å². The molecule has 1 rings (SSSR count). The van der Waals surface area contributed by atoms with Crippen molar-refractivity contribution >= 4 is 10.0 Å². The number of rotatable bonds is 7. The SMILES string of the molecule is CCOC(C)(C)CNS(=O)(=O)c1cc(CO)cc(F)c1C. The molecular formula is C14H22FNO4S. The van der Waals surface area contributed by atoms with Crippen LogP contribution in [0.2, 0.25) is 0 Å². The molecule has 0 bridgehead atoms. The van der Waals surface area contributed by atoms with Gasteiger partial charge in [0.15, 0.2) is 0 Å². The summed E-state index contributed by atoms with van der Waals surface area (Å²) in [5.41, 5.74) is -0.431. The third-order valence-corrected chi connectivity index (χ3v) is 4.58. The van der Waals surface area contributed by atoms with Crippen LogP contribution in [0.4, 0.5) is 4.39 Å². The zero-order valence-electron chi connectivity index (χ0n) is 12.7. The van der Waals surface area contributed by atoms with E-state index >= 15 is 0 Å². The second kappa shape index (κ2) is 6.83. The fraction of sp³-hybridized carbons (Fsp3) is 0.571. The van der Waals surface area contributed by atoms with E-state index in [-0.39, 0.29) is 22.6 Å². The number of aliphatic hydroxyl groups excluding tert-OH is 1. The molecule has 0 amide bonds. The fourth-order valence-electron chi connectivity index (χ4n) is 1.87. The first-order valence-corrected chi connectivity index (χ1v) is 8.15. The van der Waals surface area contributed by atoms with Crippen molar-refractivity contribution in [1.82, 2.24) is 4.72 Å². The van der Waals surface area contributed by atoms with Gasteiger partial charge in [-0.25, -0.2) is 17.5 Å². The molecule has 0 aromatic heterocycles. The maximum absolute atomic E-state index is 13.7. The molecule has 120 valence electrons. The molecule has 0 fully saturated rings. The predicted octanol–water partition coefficient (Wildman–Crippen LogP) is 1.72. The lowest BCUT2D eigenvalue weighted by molar-refractivity contribution is -0.00515. The van der Waals surface area contributed by atoms with E-state index < -0.39 is 28.0 Å². The van der Waals surface area contributed by atoms with E-state index in [0.29, 0.717) is 6.61 Å². The highest BCUT2D eigenvalue weighted by molar-refractivity contribution is 7.89. The molecule has 0 heterocycles. The van der Waals surface area contributed by atoms with Gasteiger partial charge < -0.3 is 9.84 Å². The Labute approximate surface area is 125 Å². The molecule has 0 radical (unpaired) electrons. The molecule has 1 aromatic rings. The maximum atomic E-state index is 13.7. The third-order valence-electron chi connectivity index (χ3n) is 3.05. The molecule has 7 heteroatoms. The second-order valence-corrected chi connectivity index (χ2v) is 7.11. The number of nitrogens with one attached hydrogen (secondary N) is 1. The quantitative estimate of drug-likeness (QED) is 0.802. The third kappa shape index (κ3) is 4.74. The topological polar surface area (TPSA) is 75.6 Å². The molecule has 0 saturated heterocycles. The lowest BCUT2D eigenvalue weighted by atomic mass is 10.1. The number of sulfonamides is 1. The van der Waals surface area contributed by atoms with Crippen molar-refractivity contribution in [2.24, 2.45) is 0 Å². The molecule has 0 aliphatic carbocycles. The summed E-state index contributed by atoms with van der Waals surface area (Å²) in [5, 5.41) is 9.07. The Morgan fingerprint density at radius 1 is 1.38 bits per heavy atom. The number of hydrogen-bond acceptors (Lipinski definition) is 4. The first-order chi connectivity index (χ1) is 9.63. The molecule has 0 unspecified atom stereocenters. The average molecular weight is 319 g/mol. The van der Waals surface area contributed by atoms with Gasteiger partial charge in [0.05, 0.1) is 17.1 Å². The second-order valence-electron chi connectivity index (χ2n) is 5.38. The van der Waals surface area contributed by atoms with Gasteiger partial charge in [-0.15, -0.1) is 0 Å². The van der Waals surface area contributed by atoms with Crippen molar-refractivity contribution < 1.29 is 22.7 Å². The summed E-state index contributed by atoms with van der Waals surface area (Å²) in [6.07, 6.45) is 0. The molecule has 1 aromatic carbocycles. The Hall–Kier alpha value is -1.02. The molecule has 0 saturated carbocycles. The smallest absolute Gasteiger partial charge is 0.241 e. The highest BCUT2D eigenvalue weighted by Crippen LogP contribution is 2.21. The molecule has 2 N–H and O–H groups in total. The number of aliphatic hydroxyl groups is 1. The summed E-state index contributed by atoms with van der Waals surface area (Å²) in [5.74, 6) is -0.661. The summed E-state index contributed by atoms with van der Waals surface area (Å²) >= 11 is 0. The highest BCUT2D eigenvalue weighted by Gasteiger charge is 2.25. The number of halogens is 1. The molecule has 0 aliphatic heterocycles. The average Bonchev–Trinajstić information content (AvgIpc) is 2.39. The van der Waals surface area contributed by atoms with Gasteiger partial charge in [-0.05, 0) is 45.4 Å².